The lowest BCUT2D eigenvalue weighted by molar-refractivity contribution is -0.139. The maximum atomic E-state index is 14.4. The highest BCUT2D eigenvalue weighted by Crippen LogP contribution is 2.42. The molecule has 5 nitrogen and oxygen atoms in total. The number of aromatic nitrogens is 1. The number of hydrogen-bond acceptors (Lipinski definition) is 4. The van der Waals surface area contributed by atoms with Gasteiger partial charge in [0, 0.05) is 22.7 Å². The van der Waals surface area contributed by atoms with E-state index >= 15 is 0 Å². The molecule has 31 heavy (non-hydrogen) atoms. The average Bonchev–Trinajstić information content (AvgIpc) is 2.70. The van der Waals surface area contributed by atoms with Crippen LogP contribution in [0.5, 0.6) is 11.5 Å². The molecule has 3 aromatic rings. The molecule has 1 N–H and O–H groups in total. The first-order valence-corrected chi connectivity index (χ1v) is 9.84. The maximum Gasteiger partial charge on any atom is 0.387 e. The molecule has 2 aromatic carbocycles. The predicted octanol–water partition coefficient (Wildman–Crippen LogP) is 5.90. The van der Waals surface area contributed by atoms with E-state index in [1.54, 1.807) is 6.92 Å². The number of aryl methyl sites for hydroxylation is 1. The summed E-state index contributed by atoms with van der Waals surface area (Å²) >= 11 is 12.0. The van der Waals surface area contributed by atoms with Gasteiger partial charge in [-0.3, -0.25) is 4.98 Å². The number of aliphatic carboxylic acids is 1. The predicted molar refractivity (Wildman–Crippen MR) is 110 cm³/mol. The molecule has 1 heterocycles. The Balaban J connectivity index is 2.30. The third-order valence-electron chi connectivity index (χ3n) is 4.46. The van der Waals surface area contributed by atoms with Gasteiger partial charge in [-0.1, -0.05) is 36.2 Å². The number of carbonyl (C=O) groups is 1. The number of benzene rings is 2. The zero-order chi connectivity index (χ0) is 22.7. The molecule has 0 atom stereocenters. The van der Waals surface area contributed by atoms with Crippen LogP contribution in [0, 0.1) is 5.82 Å². The van der Waals surface area contributed by atoms with E-state index in [0.29, 0.717) is 12.1 Å². The van der Waals surface area contributed by atoms with E-state index in [9.17, 15) is 18.0 Å². The Morgan fingerprint density at radius 3 is 2.58 bits per heavy atom. The van der Waals surface area contributed by atoms with Crippen LogP contribution >= 0.6 is 23.2 Å². The van der Waals surface area contributed by atoms with Crippen LogP contribution < -0.4 is 9.47 Å². The molecule has 0 unspecified atom stereocenters. The van der Waals surface area contributed by atoms with Crippen molar-refractivity contribution in [3.63, 3.8) is 0 Å². The molecule has 0 aliphatic rings. The number of fused-ring (bicyclic) bond motifs is 1. The van der Waals surface area contributed by atoms with E-state index < -0.39 is 25.0 Å². The number of ether oxygens (including phenoxy) is 2. The molecule has 0 aliphatic carbocycles. The minimum absolute atomic E-state index is 0.0179. The fourth-order valence-corrected chi connectivity index (χ4v) is 3.53. The van der Waals surface area contributed by atoms with E-state index in [-0.39, 0.29) is 50.0 Å². The molecule has 0 spiro atoms. The van der Waals surface area contributed by atoms with Crippen LogP contribution in [0.4, 0.5) is 13.2 Å². The minimum atomic E-state index is -3.21. The number of nitrogens with zero attached hydrogens (tertiary/aromatic N) is 1. The van der Waals surface area contributed by atoms with Crippen LogP contribution in [-0.4, -0.2) is 29.3 Å². The molecule has 10 heteroatoms. The molecule has 3 rings (SSSR count). The molecule has 0 bridgehead atoms. The summed E-state index contributed by atoms with van der Waals surface area (Å²) in [6.45, 7) is -2.18. The lowest BCUT2D eigenvalue weighted by atomic mass is 9.98. The summed E-state index contributed by atoms with van der Waals surface area (Å²) in [5.74, 6) is -2.23. The number of carboxylic acid groups (broad SMARTS) is 1. The second-order valence-electron chi connectivity index (χ2n) is 6.46. The lowest BCUT2D eigenvalue weighted by Crippen LogP contribution is -2.12. The van der Waals surface area contributed by atoms with E-state index in [1.807, 2.05) is 0 Å². The van der Waals surface area contributed by atoms with E-state index in [0.717, 1.165) is 6.07 Å². The van der Waals surface area contributed by atoms with Crippen LogP contribution in [0.15, 0.2) is 30.3 Å². The molecule has 0 aliphatic heterocycles. The molecule has 164 valence electrons. The maximum absolute atomic E-state index is 14.4. The van der Waals surface area contributed by atoms with Gasteiger partial charge < -0.3 is 14.6 Å². The summed E-state index contributed by atoms with van der Waals surface area (Å²) in [6.07, 6.45) is 0.193. The van der Waals surface area contributed by atoms with E-state index in [4.69, 9.17) is 37.8 Å². The Hall–Kier alpha value is -2.71. The third-order valence-corrected chi connectivity index (χ3v) is 5.00. The molecular formula is C21H16Cl2F3NO4. The summed E-state index contributed by atoms with van der Waals surface area (Å²) in [5.41, 5.74) is 0.875. The number of rotatable bonds is 8. The van der Waals surface area contributed by atoms with Crippen molar-refractivity contribution < 1.29 is 32.5 Å². The standard InChI is InChI=1S/C21H16Cl2F3NO4/c1-2-15-12(7-10-3-4-11(22)8-14(10)24)20(31-21(25)26)18-16(30-9-17(28)29)6-5-13(23)19(18)27-15/h3-6,8,21H,2,7,9H2,1H3,(H,28,29). The fourth-order valence-electron chi connectivity index (χ4n) is 3.17. The van der Waals surface area contributed by atoms with Crippen molar-refractivity contribution in [2.24, 2.45) is 0 Å². The number of alkyl halides is 2. The molecule has 0 fully saturated rings. The van der Waals surface area contributed by atoms with Gasteiger partial charge in [-0.05, 0) is 36.2 Å². The van der Waals surface area contributed by atoms with Crippen molar-refractivity contribution in [2.75, 3.05) is 6.61 Å². The SMILES string of the molecule is CCc1nc2c(Cl)ccc(OCC(=O)O)c2c(OC(F)F)c1Cc1ccc(Cl)cc1F. The molecule has 1 aromatic heterocycles. The van der Waals surface area contributed by atoms with Gasteiger partial charge in [0.1, 0.15) is 17.3 Å². The molecule has 0 radical (unpaired) electrons. The topological polar surface area (TPSA) is 68.7 Å². The third kappa shape index (κ3) is 5.14. The van der Waals surface area contributed by atoms with Gasteiger partial charge in [0.05, 0.1) is 15.9 Å². The summed E-state index contributed by atoms with van der Waals surface area (Å²) in [4.78, 5) is 15.4. The van der Waals surface area contributed by atoms with Crippen molar-refractivity contribution in [3.05, 3.63) is 63.0 Å². The van der Waals surface area contributed by atoms with Crippen LogP contribution in [0.1, 0.15) is 23.7 Å². The zero-order valence-corrected chi connectivity index (χ0v) is 17.6. The molecule has 0 amide bonds. The summed E-state index contributed by atoms with van der Waals surface area (Å²) in [6, 6.07) is 6.78. The first-order chi connectivity index (χ1) is 14.7. The zero-order valence-electron chi connectivity index (χ0n) is 16.1. The van der Waals surface area contributed by atoms with Crippen molar-refractivity contribution in [3.8, 4) is 11.5 Å². The lowest BCUT2D eigenvalue weighted by Gasteiger charge is -2.19. The number of hydrogen-bond donors (Lipinski definition) is 1. The van der Waals surface area contributed by atoms with Crippen molar-refractivity contribution in [1.29, 1.82) is 0 Å². The van der Waals surface area contributed by atoms with Crippen molar-refractivity contribution in [1.82, 2.24) is 4.98 Å². The average molecular weight is 474 g/mol. The van der Waals surface area contributed by atoms with E-state index in [2.05, 4.69) is 4.98 Å². The largest absolute Gasteiger partial charge is 0.481 e. The first-order valence-electron chi connectivity index (χ1n) is 9.08. The smallest absolute Gasteiger partial charge is 0.387 e. The second kappa shape index (κ2) is 9.62. The highest BCUT2D eigenvalue weighted by atomic mass is 35.5. The van der Waals surface area contributed by atoms with Crippen LogP contribution in [0.3, 0.4) is 0 Å². The first kappa shape index (κ1) is 23.0. The fraction of sp³-hybridized carbons (Fsp3) is 0.238. The molecule has 0 saturated heterocycles. The number of halogens is 5. The van der Waals surface area contributed by atoms with Gasteiger partial charge >= 0.3 is 12.6 Å². The summed E-state index contributed by atoms with van der Waals surface area (Å²) in [5, 5.41) is 9.24. The Bertz CT molecular complexity index is 1140. The highest BCUT2D eigenvalue weighted by Gasteiger charge is 2.24. The minimum Gasteiger partial charge on any atom is -0.481 e. The van der Waals surface area contributed by atoms with Gasteiger partial charge in [-0.25, -0.2) is 9.18 Å². The van der Waals surface area contributed by atoms with Gasteiger partial charge in [0.25, 0.3) is 0 Å². The van der Waals surface area contributed by atoms with Crippen LogP contribution in [-0.2, 0) is 17.6 Å². The van der Waals surface area contributed by atoms with Crippen molar-refractivity contribution in [2.45, 2.75) is 26.4 Å². The van der Waals surface area contributed by atoms with Gasteiger partial charge in [0.15, 0.2) is 6.61 Å². The van der Waals surface area contributed by atoms with Crippen molar-refractivity contribution >= 4 is 40.1 Å². The number of carboxylic acids is 1. The van der Waals surface area contributed by atoms with Gasteiger partial charge in [0.2, 0.25) is 0 Å². The van der Waals surface area contributed by atoms with Gasteiger partial charge in [-0.15, -0.1) is 0 Å². The quantitative estimate of drug-likeness (QED) is 0.441. The molecule has 0 saturated carbocycles. The Labute approximate surface area is 185 Å². The van der Waals surface area contributed by atoms with Gasteiger partial charge in [-0.2, -0.15) is 8.78 Å². The normalized spacial score (nSPS) is 11.2. The Morgan fingerprint density at radius 1 is 1.23 bits per heavy atom. The Kier molecular flexibility index (Phi) is 7.12. The summed E-state index contributed by atoms with van der Waals surface area (Å²) in [7, 11) is 0. The monoisotopic (exact) mass is 473 g/mol. The van der Waals surface area contributed by atoms with E-state index in [1.165, 1.54) is 24.3 Å². The Morgan fingerprint density at radius 2 is 1.97 bits per heavy atom. The molecular weight excluding hydrogens is 458 g/mol. The van der Waals surface area contributed by atoms with Crippen LogP contribution in [0.25, 0.3) is 10.9 Å². The number of pyridine rings is 1. The summed E-state index contributed by atoms with van der Waals surface area (Å²) < 4.78 is 51.3. The second-order valence-corrected chi connectivity index (χ2v) is 7.31. The highest BCUT2D eigenvalue weighted by molar-refractivity contribution is 6.35. The van der Waals surface area contributed by atoms with Crippen LogP contribution in [0.2, 0.25) is 10.0 Å².